The van der Waals surface area contributed by atoms with Gasteiger partial charge in [-0.1, -0.05) is 30.3 Å². The molecule has 0 aliphatic rings. The van der Waals surface area contributed by atoms with Gasteiger partial charge < -0.3 is 15.4 Å². The van der Waals surface area contributed by atoms with Crippen LogP contribution in [0.15, 0.2) is 53.3 Å². The van der Waals surface area contributed by atoms with E-state index in [1.807, 2.05) is 49.4 Å². The number of aromatic nitrogens is 1. The van der Waals surface area contributed by atoms with E-state index in [1.54, 1.807) is 6.07 Å². The van der Waals surface area contributed by atoms with Crippen molar-refractivity contribution in [2.45, 2.75) is 19.9 Å². The number of anilines is 1. The normalized spacial score (nSPS) is 10.9. The highest BCUT2D eigenvalue weighted by Gasteiger charge is 2.13. The van der Waals surface area contributed by atoms with Crippen molar-refractivity contribution >= 4 is 22.6 Å². The van der Waals surface area contributed by atoms with Gasteiger partial charge in [-0.15, -0.1) is 0 Å². The van der Waals surface area contributed by atoms with Crippen molar-refractivity contribution in [3.63, 3.8) is 0 Å². The smallest absolute Gasteiger partial charge is 0.305 e. The van der Waals surface area contributed by atoms with Gasteiger partial charge in [-0.25, -0.2) is 0 Å². The van der Waals surface area contributed by atoms with E-state index in [0.717, 1.165) is 16.5 Å². The van der Waals surface area contributed by atoms with Gasteiger partial charge in [0.05, 0.1) is 11.9 Å². The van der Waals surface area contributed by atoms with Crippen LogP contribution in [0.5, 0.6) is 0 Å². The number of aryl methyl sites for hydroxylation is 2. The molecule has 0 saturated carbocycles. The maximum absolute atomic E-state index is 12.9. The quantitative estimate of drug-likeness (QED) is 0.723. The van der Waals surface area contributed by atoms with Crippen molar-refractivity contribution in [1.82, 2.24) is 4.57 Å². The van der Waals surface area contributed by atoms with Crippen LogP contribution in [0.1, 0.15) is 12.0 Å². The first-order valence-corrected chi connectivity index (χ1v) is 7.68. The molecule has 0 unspecified atom stereocenters. The van der Waals surface area contributed by atoms with Crippen molar-refractivity contribution in [2.75, 3.05) is 5.73 Å². The highest BCUT2D eigenvalue weighted by Crippen LogP contribution is 2.25. The summed E-state index contributed by atoms with van der Waals surface area (Å²) in [5, 5.41) is 9.85. The number of fused-ring (bicyclic) bond motifs is 1. The minimum absolute atomic E-state index is 0.105. The Morgan fingerprint density at radius 2 is 1.88 bits per heavy atom. The summed E-state index contributed by atoms with van der Waals surface area (Å²) in [5.41, 5.74) is 9.29. The second-order valence-corrected chi connectivity index (χ2v) is 5.79. The SMILES string of the molecule is Cc1cc2cc(-c3ccccc3)c(=O)n(CCC(=O)O)c2cc1N. The predicted octanol–water partition coefficient (Wildman–Crippen LogP) is 3.03. The number of pyridine rings is 1. The van der Waals surface area contributed by atoms with Gasteiger partial charge in [-0.2, -0.15) is 0 Å². The molecule has 0 saturated heterocycles. The number of nitrogens with zero attached hydrogens (tertiary/aromatic N) is 1. The lowest BCUT2D eigenvalue weighted by Crippen LogP contribution is -2.23. The highest BCUT2D eigenvalue weighted by atomic mass is 16.4. The molecule has 0 aliphatic heterocycles. The number of nitrogens with two attached hydrogens (primary N) is 1. The maximum Gasteiger partial charge on any atom is 0.305 e. The number of hydrogen-bond donors (Lipinski definition) is 2. The summed E-state index contributed by atoms with van der Waals surface area (Å²) in [5.74, 6) is -0.944. The molecule has 5 heteroatoms. The van der Waals surface area contributed by atoms with E-state index in [2.05, 4.69) is 0 Å². The van der Waals surface area contributed by atoms with Gasteiger partial charge in [0.1, 0.15) is 0 Å². The Kier molecular flexibility index (Phi) is 4.08. The first kappa shape index (κ1) is 15.8. The number of hydrogen-bond acceptors (Lipinski definition) is 3. The Morgan fingerprint density at radius 3 is 2.54 bits per heavy atom. The molecule has 0 bridgehead atoms. The summed E-state index contributed by atoms with van der Waals surface area (Å²) in [6, 6.07) is 14.9. The topological polar surface area (TPSA) is 85.3 Å². The lowest BCUT2D eigenvalue weighted by atomic mass is 10.0. The van der Waals surface area contributed by atoms with Gasteiger partial charge in [0, 0.05) is 17.8 Å². The Balaban J connectivity index is 2.31. The van der Waals surface area contributed by atoms with E-state index < -0.39 is 5.97 Å². The van der Waals surface area contributed by atoms with Gasteiger partial charge in [-0.3, -0.25) is 9.59 Å². The fourth-order valence-electron chi connectivity index (χ4n) is 2.81. The third-order valence-corrected chi connectivity index (χ3v) is 4.12. The molecular weight excluding hydrogens is 304 g/mol. The molecule has 1 aromatic heterocycles. The molecule has 3 N–H and O–H groups in total. The minimum atomic E-state index is -0.944. The fourth-order valence-corrected chi connectivity index (χ4v) is 2.81. The van der Waals surface area contributed by atoms with Crippen LogP contribution in [0.25, 0.3) is 22.0 Å². The molecule has 0 radical (unpaired) electrons. The largest absolute Gasteiger partial charge is 0.481 e. The van der Waals surface area contributed by atoms with Crippen LogP contribution < -0.4 is 11.3 Å². The monoisotopic (exact) mass is 322 g/mol. The summed E-state index contributed by atoms with van der Waals surface area (Å²) >= 11 is 0. The number of benzene rings is 2. The maximum atomic E-state index is 12.9. The predicted molar refractivity (Wildman–Crippen MR) is 95.0 cm³/mol. The van der Waals surface area contributed by atoms with Crippen LogP contribution in [0, 0.1) is 6.92 Å². The molecule has 3 rings (SSSR count). The molecule has 0 amide bonds. The van der Waals surface area contributed by atoms with Crippen molar-refractivity contribution in [3.8, 4) is 11.1 Å². The van der Waals surface area contributed by atoms with Crippen molar-refractivity contribution in [2.24, 2.45) is 0 Å². The molecule has 1 heterocycles. The Morgan fingerprint density at radius 1 is 1.17 bits per heavy atom. The third-order valence-electron chi connectivity index (χ3n) is 4.12. The molecular formula is C19H18N2O3. The van der Waals surface area contributed by atoms with Gasteiger partial charge >= 0.3 is 5.97 Å². The third kappa shape index (κ3) is 2.88. The van der Waals surface area contributed by atoms with Crippen molar-refractivity contribution in [1.29, 1.82) is 0 Å². The lowest BCUT2D eigenvalue weighted by Gasteiger charge is -2.14. The molecule has 24 heavy (non-hydrogen) atoms. The second-order valence-electron chi connectivity index (χ2n) is 5.79. The summed E-state index contributed by atoms with van der Waals surface area (Å²) in [7, 11) is 0. The first-order chi connectivity index (χ1) is 11.5. The zero-order chi connectivity index (χ0) is 17.3. The van der Waals surface area contributed by atoms with Crippen LogP contribution in [-0.4, -0.2) is 15.6 Å². The zero-order valence-corrected chi connectivity index (χ0v) is 13.3. The number of aliphatic carboxylic acids is 1. The first-order valence-electron chi connectivity index (χ1n) is 7.68. The fraction of sp³-hybridized carbons (Fsp3) is 0.158. The molecule has 0 fully saturated rings. The van der Waals surface area contributed by atoms with Gasteiger partial charge in [0.2, 0.25) is 0 Å². The van der Waals surface area contributed by atoms with Gasteiger partial charge in [0.25, 0.3) is 5.56 Å². The number of carbonyl (C=O) groups is 1. The minimum Gasteiger partial charge on any atom is -0.481 e. The molecule has 5 nitrogen and oxygen atoms in total. The summed E-state index contributed by atoms with van der Waals surface area (Å²) < 4.78 is 1.50. The van der Waals surface area contributed by atoms with Crippen LogP contribution in [0.4, 0.5) is 5.69 Å². The Hall–Kier alpha value is -3.08. The van der Waals surface area contributed by atoms with Crippen molar-refractivity contribution < 1.29 is 9.90 Å². The van der Waals surface area contributed by atoms with E-state index in [4.69, 9.17) is 10.8 Å². The van der Waals surface area contributed by atoms with Crippen LogP contribution in [0.2, 0.25) is 0 Å². The number of carboxylic acid groups (broad SMARTS) is 1. The Labute approximate surface area is 139 Å². The molecule has 0 aliphatic carbocycles. The summed E-state index contributed by atoms with van der Waals surface area (Å²) in [4.78, 5) is 23.9. The lowest BCUT2D eigenvalue weighted by molar-refractivity contribution is -0.137. The summed E-state index contributed by atoms with van der Waals surface area (Å²) in [6.07, 6.45) is -0.124. The number of rotatable bonds is 4. The molecule has 3 aromatic rings. The van der Waals surface area contributed by atoms with Gasteiger partial charge in [-0.05, 0) is 41.6 Å². The molecule has 0 spiro atoms. The highest BCUT2D eigenvalue weighted by molar-refractivity contribution is 5.87. The zero-order valence-electron chi connectivity index (χ0n) is 13.3. The van der Waals surface area contributed by atoms with E-state index in [-0.39, 0.29) is 18.5 Å². The molecule has 2 aromatic carbocycles. The van der Waals surface area contributed by atoms with Crippen LogP contribution in [-0.2, 0) is 11.3 Å². The number of carboxylic acids is 1. The standard InChI is InChI=1S/C19H18N2O3/c1-12-9-14-10-15(13-5-3-2-4-6-13)19(24)21(8-7-18(22)23)17(14)11-16(12)20/h2-6,9-11H,7-8,20H2,1H3,(H,22,23). The second kappa shape index (κ2) is 6.20. The molecule has 0 atom stereocenters. The van der Waals surface area contributed by atoms with Crippen LogP contribution >= 0.6 is 0 Å². The number of nitrogen functional groups attached to an aromatic ring is 1. The van der Waals surface area contributed by atoms with Crippen molar-refractivity contribution in [3.05, 3.63) is 64.4 Å². The summed E-state index contributed by atoms with van der Waals surface area (Å²) in [6.45, 7) is 2.01. The average Bonchev–Trinajstić information content (AvgIpc) is 2.56. The van der Waals surface area contributed by atoms with Gasteiger partial charge in [0.15, 0.2) is 0 Å². The average molecular weight is 322 g/mol. The molecule has 122 valence electrons. The van der Waals surface area contributed by atoms with E-state index in [0.29, 0.717) is 16.8 Å². The van der Waals surface area contributed by atoms with E-state index >= 15 is 0 Å². The Bertz CT molecular complexity index is 975. The van der Waals surface area contributed by atoms with E-state index in [1.165, 1.54) is 4.57 Å². The van der Waals surface area contributed by atoms with Crippen LogP contribution in [0.3, 0.4) is 0 Å². The van der Waals surface area contributed by atoms with E-state index in [9.17, 15) is 9.59 Å².